The van der Waals surface area contributed by atoms with Crippen molar-refractivity contribution >= 4 is 15.9 Å². The van der Waals surface area contributed by atoms with Crippen LogP contribution >= 0.6 is 15.9 Å². The number of hydrogen-bond donors (Lipinski definition) is 1. The van der Waals surface area contributed by atoms with Crippen LogP contribution < -0.4 is 5.32 Å². The highest BCUT2D eigenvalue weighted by Gasteiger charge is 2.22. The van der Waals surface area contributed by atoms with E-state index < -0.39 is 11.6 Å². The predicted octanol–water partition coefficient (Wildman–Crippen LogP) is 2.75. The van der Waals surface area contributed by atoms with Crippen LogP contribution in [-0.2, 0) is 13.5 Å². The largest absolute Gasteiger partial charge is 0.309 e. The molecule has 108 valence electrons. The Balaban J connectivity index is 2.36. The van der Waals surface area contributed by atoms with Crippen molar-refractivity contribution < 1.29 is 8.78 Å². The molecule has 7 heteroatoms. The molecule has 1 aromatic carbocycles. The third-order valence-corrected chi connectivity index (χ3v) is 3.64. The summed E-state index contributed by atoms with van der Waals surface area (Å²) in [5, 5.41) is 11.0. The molecule has 0 bridgehead atoms. The zero-order valence-electron chi connectivity index (χ0n) is 11.2. The standard InChI is InChI=1S/C13H15BrF2N4/c1-3-17-11(12-13(14)18-19-20(12)2)7-8-9(15)5-4-6-10(8)16/h4-6,11,17H,3,7H2,1-2H3. The number of halogens is 3. The number of nitrogens with zero attached hydrogens (tertiary/aromatic N) is 3. The molecule has 1 N–H and O–H groups in total. The fourth-order valence-corrected chi connectivity index (χ4v) is 2.76. The molecule has 1 atom stereocenters. The summed E-state index contributed by atoms with van der Waals surface area (Å²) in [6.45, 7) is 2.60. The lowest BCUT2D eigenvalue weighted by Gasteiger charge is -2.19. The third kappa shape index (κ3) is 3.04. The topological polar surface area (TPSA) is 42.7 Å². The van der Waals surface area contributed by atoms with E-state index in [-0.39, 0.29) is 18.0 Å². The molecule has 0 saturated carbocycles. The summed E-state index contributed by atoms with van der Waals surface area (Å²) in [4.78, 5) is 0. The molecule has 1 heterocycles. The number of aromatic nitrogens is 3. The normalized spacial score (nSPS) is 12.7. The average Bonchev–Trinajstić information content (AvgIpc) is 2.73. The van der Waals surface area contributed by atoms with E-state index in [2.05, 4.69) is 31.6 Å². The number of nitrogens with one attached hydrogen (secondary N) is 1. The quantitative estimate of drug-likeness (QED) is 0.906. The van der Waals surface area contributed by atoms with E-state index in [0.29, 0.717) is 11.1 Å². The molecule has 0 aliphatic rings. The smallest absolute Gasteiger partial charge is 0.153 e. The van der Waals surface area contributed by atoms with E-state index in [1.807, 2.05) is 6.92 Å². The van der Waals surface area contributed by atoms with Gasteiger partial charge in [-0.1, -0.05) is 18.2 Å². The summed E-state index contributed by atoms with van der Waals surface area (Å²) in [7, 11) is 1.75. The summed E-state index contributed by atoms with van der Waals surface area (Å²) in [5.74, 6) is -1.08. The maximum Gasteiger partial charge on any atom is 0.153 e. The first-order valence-corrected chi connectivity index (χ1v) is 7.05. The van der Waals surface area contributed by atoms with Crippen LogP contribution in [0.2, 0.25) is 0 Å². The molecule has 2 rings (SSSR count). The van der Waals surface area contributed by atoms with E-state index >= 15 is 0 Å². The van der Waals surface area contributed by atoms with Gasteiger partial charge in [-0.2, -0.15) is 0 Å². The second-order valence-corrected chi connectivity index (χ2v) is 5.15. The van der Waals surface area contributed by atoms with Gasteiger partial charge in [-0.25, -0.2) is 13.5 Å². The lowest BCUT2D eigenvalue weighted by atomic mass is 10.0. The van der Waals surface area contributed by atoms with Crippen molar-refractivity contribution in [1.82, 2.24) is 20.3 Å². The number of likely N-dealkylation sites (N-methyl/N-ethyl adjacent to an activating group) is 1. The molecule has 0 aliphatic heterocycles. The molecule has 0 amide bonds. The summed E-state index contributed by atoms with van der Waals surface area (Å²) < 4.78 is 29.7. The third-order valence-electron chi connectivity index (χ3n) is 3.08. The average molecular weight is 345 g/mol. The molecule has 1 unspecified atom stereocenters. The SMILES string of the molecule is CCNC(Cc1c(F)cccc1F)c1c(Br)nnn1C. The van der Waals surface area contributed by atoms with Crippen molar-refractivity contribution in [2.45, 2.75) is 19.4 Å². The van der Waals surface area contributed by atoms with Crippen molar-refractivity contribution in [3.8, 4) is 0 Å². The molecule has 0 spiro atoms. The van der Waals surface area contributed by atoms with Gasteiger partial charge in [-0.05, 0) is 41.0 Å². The van der Waals surface area contributed by atoms with Crippen molar-refractivity contribution in [2.75, 3.05) is 6.54 Å². The van der Waals surface area contributed by atoms with Crippen LogP contribution in [0.15, 0.2) is 22.8 Å². The van der Waals surface area contributed by atoms with Gasteiger partial charge in [0.2, 0.25) is 0 Å². The lowest BCUT2D eigenvalue weighted by molar-refractivity contribution is 0.475. The molecule has 2 aromatic rings. The van der Waals surface area contributed by atoms with Crippen LogP contribution in [0.5, 0.6) is 0 Å². The summed E-state index contributed by atoms with van der Waals surface area (Å²) in [6.07, 6.45) is 0.187. The molecule has 0 saturated heterocycles. The van der Waals surface area contributed by atoms with E-state index in [9.17, 15) is 8.78 Å². The lowest BCUT2D eigenvalue weighted by Crippen LogP contribution is -2.26. The van der Waals surface area contributed by atoms with Crippen LogP contribution in [-0.4, -0.2) is 21.5 Å². The molecule has 1 aromatic heterocycles. The van der Waals surface area contributed by atoms with Gasteiger partial charge in [-0.15, -0.1) is 5.10 Å². The highest BCUT2D eigenvalue weighted by Crippen LogP contribution is 2.26. The van der Waals surface area contributed by atoms with Crippen molar-refractivity contribution in [3.05, 3.63) is 45.7 Å². The van der Waals surface area contributed by atoms with Gasteiger partial charge >= 0.3 is 0 Å². The van der Waals surface area contributed by atoms with Crippen LogP contribution in [0.1, 0.15) is 24.2 Å². The molecular formula is C13H15BrF2N4. The van der Waals surface area contributed by atoms with Crippen molar-refractivity contribution in [2.24, 2.45) is 7.05 Å². The van der Waals surface area contributed by atoms with Gasteiger partial charge in [0.05, 0.1) is 11.7 Å². The Morgan fingerprint density at radius 1 is 1.35 bits per heavy atom. The zero-order chi connectivity index (χ0) is 14.7. The second-order valence-electron chi connectivity index (χ2n) is 4.40. The second kappa shape index (κ2) is 6.41. The monoisotopic (exact) mass is 344 g/mol. The van der Waals surface area contributed by atoms with Crippen LogP contribution in [0, 0.1) is 11.6 Å². The van der Waals surface area contributed by atoms with E-state index in [1.165, 1.54) is 18.2 Å². The fraction of sp³-hybridized carbons (Fsp3) is 0.385. The van der Waals surface area contributed by atoms with Gasteiger partial charge in [0.25, 0.3) is 0 Å². The van der Waals surface area contributed by atoms with Crippen LogP contribution in [0.3, 0.4) is 0 Å². The summed E-state index contributed by atoms with van der Waals surface area (Å²) >= 11 is 3.32. The van der Waals surface area contributed by atoms with Gasteiger partial charge in [0, 0.05) is 12.6 Å². The first-order chi connectivity index (χ1) is 9.54. The Labute approximate surface area is 124 Å². The maximum atomic E-state index is 13.8. The molecule has 0 aliphatic carbocycles. The first-order valence-electron chi connectivity index (χ1n) is 6.26. The highest BCUT2D eigenvalue weighted by molar-refractivity contribution is 9.10. The number of rotatable bonds is 5. The fourth-order valence-electron chi connectivity index (χ4n) is 2.15. The Morgan fingerprint density at radius 3 is 2.50 bits per heavy atom. The summed E-state index contributed by atoms with van der Waals surface area (Å²) in [6, 6.07) is 3.61. The van der Waals surface area contributed by atoms with E-state index in [1.54, 1.807) is 11.7 Å². The molecular weight excluding hydrogens is 330 g/mol. The van der Waals surface area contributed by atoms with Gasteiger partial charge in [0.15, 0.2) is 4.60 Å². The Hall–Kier alpha value is -1.34. The molecule has 20 heavy (non-hydrogen) atoms. The Bertz CT molecular complexity index is 560. The first kappa shape index (κ1) is 15.1. The van der Waals surface area contributed by atoms with E-state index in [0.717, 1.165) is 5.69 Å². The Kier molecular flexibility index (Phi) is 4.82. The van der Waals surface area contributed by atoms with Crippen molar-refractivity contribution in [1.29, 1.82) is 0 Å². The van der Waals surface area contributed by atoms with Gasteiger partial charge in [0.1, 0.15) is 11.6 Å². The summed E-state index contributed by atoms with van der Waals surface area (Å²) in [5.41, 5.74) is 0.820. The van der Waals surface area contributed by atoms with Crippen LogP contribution in [0.25, 0.3) is 0 Å². The zero-order valence-corrected chi connectivity index (χ0v) is 12.8. The Morgan fingerprint density at radius 2 is 2.00 bits per heavy atom. The molecule has 0 radical (unpaired) electrons. The van der Waals surface area contributed by atoms with Gasteiger partial charge in [-0.3, -0.25) is 0 Å². The number of aryl methyl sites for hydroxylation is 1. The maximum absolute atomic E-state index is 13.8. The van der Waals surface area contributed by atoms with Crippen LogP contribution in [0.4, 0.5) is 8.78 Å². The van der Waals surface area contributed by atoms with Gasteiger partial charge < -0.3 is 5.32 Å². The highest BCUT2D eigenvalue weighted by atomic mass is 79.9. The minimum Gasteiger partial charge on any atom is -0.309 e. The molecule has 0 fully saturated rings. The predicted molar refractivity (Wildman–Crippen MR) is 75.2 cm³/mol. The minimum absolute atomic E-state index is 0.0616. The van der Waals surface area contributed by atoms with Crippen molar-refractivity contribution in [3.63, 3.8) is 0 Å². The number of hydrogen-bond acceptors (Lipinski definition) is 3. The van der Waals surface area contributed by atoms with E-state index in [4.69, 9.17) is 0 Å². The molecule has 4 nitrogen and oxygen atoms in total. The number of benzene rings is 1. The minimum atomic E-state index is -0.542.